The van der Waals surface area contributed by atoms with Gasteiger partial charge in [0.1, 0.15) is 12.9 Å². The molecule has 13 nitrogen and oxygen atoms in total. The normalized spacial score (nSPS) is 20.9. The summed E-state index contributed by atoms with van der Waals surface area (Å²) in [5, 5.41) is 17.5. The van der Waals surface area contributed by atoms with Crippen molar-refractivity contribution in [1.82, 2.24) is 34.0 Å². The molecule has 2 N–H and O–H groups in total. The fourth-order valence-electron chi connectivity index (χ4n) is 8.25. The Balaban J connectivity index is 1.18. The molecule has 1 spiro atoms. The molecule has 51 heavy (non-hydrogen) atoms. The van der Waals surface area contributed by atoms with Gasteiger partial charge in [-0.25, -0.2) is 9.97 Å². The zero-order valence-corrected chi connectivity index (χ0v) is 28.1. The highest BCUT2D eigenvalue weighted by Gasteiger charge is 2.60. The van der Waals surface area contributed by atoms with Crippen molar-refractivity contribution in [1.29, 1.82) is 0 Å². The first kappa shape index (κ1) is 33.3. The van der Waals surface area contributed by atoms with Crippen molar-refractivity contribution in [3.8, 4) is 5.75 Å². The number of carbonyl (C=O) groups excluding carboxylic acids is 2. The molecule has 1 aromatic carbocycles. The molecule has 0 radical (unpaired) electrons. The van der Waals surface area contributed by atoms with E-state index in [2.05, 4.69) is 20.4 Å². The maximum atomic E-state index is 14.6. The number of benzene rings is 1. The average Bonchev–Trinajstić information content (AvgIpc) is 3.61. The van der Waals surface area contributed by atoms with Crippen molar-refractivity contribution in [3.05, 3.63) is 80.0 Å². The zero-order valence-electron chi connectivity index (χ0n) is 27.3. The predicted octanol–water partition coefficient (Wildman–Crippen LogP) is 4.49. The van der Waals surface area contributed by atoms with E-state index in [1.54, 1.807) is 16.4 Å². The standard InChI is InChI=1S/C34H32ClF3N8O5/c1-17-28(48)26(40-16-39-17)31(50)44-10-8-33(9-11-44)21-4-3-20(21)27-25(33)30(49)46-32(42-29(43-46)18-6-12-51-13-7-18)45(27)15-24(47)41-23-5-2-19(14-22(23)35)34(36,37)38/h2,5-6,14,16,20-21,48H,3-4,7-13,15H2,1H3,(H,41,47). The van der Waals surface area contributed by atoms with Gasteiger partial charge in [0, 0.05) is 35.7 Å². The molecular formula is C34H32ClF3N8O5. The molecule has 3 aromatic heterocycles. The Morgan fingerprint density at radius 3 is 2.63 bits per heavy atom. The maximum absolute atomic E-state index is 14.6. The van der Waals surface area contributed by atoms with Gasteiger partial charge in [-0.05, 0) is 68.7 Å². The first-order valence-corrected chi connectivity index (χ1v) is 17.0. The topological polar surface area (TPSA) is 157 Å². The molecule has 2 amide bonds. The number of piperidine rings is 1. The van der Waals surface area contributed by atoms with Gasteiger partial charge in [-0.1, -0.05) is 17.7 Å². The molecular weight excluding hydrogens is 693 g/mol. The van der Waals surface area contributed by atoms with E-state index in [1.807, 2.05) is 6.08 Å². The van der Waals surface area contributed by atoms with Gasteiger partial charge in [0.15, 0.2) is 17.3 Å². The van der Waals surface area contributed by atoms with Crippen LogP contribution < -0.4 is 10.9 Å². The van der Waals surface area contributed by atoms with Crippen molar-refractivity contribution in [2.45, 2.75) is 63.1 Å². The summed E-state index contributed by atoms with van der Waals surface area (Å²) in [7, 11) is 0. The molecule has 2 atom stereocenters. The number of rotatable bonds is 5. The summed E-state index contributed by atoms with van der Waals surface area (Å²) >= 11 is 6.17. The first-order chi connectivity index (χ1) is 24.4. The van der Waals surface area contributed by atoms with E-state index >= 15 is 0 Å². The van der Waals surface area contributed by atoms with E-state index in [-0.39, 0.29) is 51.9 Å². The van der Waals surface area contributed by atoms with E-state index < -0.39 is 29.0 Å². The van der Waals surface area contributed by atoms with Gasteiger partial charge in [-0.2, -0.15) is 22.7 Å². The monoisotopic (exact) mass is 724 g/mol. The molecule has 2 fully saturated rings. The van der Waals surface area contributed by atoms with Gasteiger partial charge in [0.05, 0.1) is 35.2 Å². The minimum absolute atomic E-state index is 0.0119. The van der Waals surface area contributed by atoms with E-state index in [0.29, 0.717) is 68.3 Å². The number of alkyl halides is 3. The number of nitrogens with one attached hydrogen (secondary N) is 1. The van der Waals surface area contributed by atoms with Crippen molar-refractivity contribution in [2.24, 2.45) is 5.92 Å². The number of hydrogen-bond acceptors (Lipinski definition) is 9. The number of halogens is 4. The molecule has 1 saturated heterocycles. The Labute approximate surface area is 293 Å². The van der Waals surface area contributed by atoms with Gasteiger partial charge >= 0.3 is 6.18 Å². The second kappa shape index (κ2) is 12.1. The smallest absolute Gasteiger partial charge is 0.416 e. The molecule has 1 saturated carbocycles. The highest BCUT2D eigenvalue weighted by molar-refractivity contribution is 6.33. The highest BCUT2D eigenvalue weighted by atomic mass is 35.5. The summed E-state index contributed by atoms with van der Waals surface area (Å²) in [6.45, 7) is 2.74. The zero-order chi connectivity index (χ0) is 35.8. The fraction of sp³-hybridized carbons (Fsp3) is 0.441. The van der Waals surface area contributed by atoms with Crippen LogP contribution in [0.25, 0.3) is 11.4 Å². The van der Waals surface area contributed by atoms with Crippen molar-refractivity contribution in [2.75, 3.05) is 31.6 Å². The van der Waals surface area contributed by atoms with Crippen LogP contribution in [0.3, 0.4) is 0 Å². The van der Waals surface area contributed by atoms with E-state index in [4.69, 9.17) is 21.3 Å². The molecule has 2 unspecified atom stereocenters. The third kappa shape index (κ3) is 5.37. The van der Waals surface area contributed by atoms with Crippen LogP contribution in [0, 0.1) is 12.8 Å². The lowest BCUT2D eigenvalue weighted by Gasteiger charge is -2.47. The Morgan fingerprint density at radius 2 is 1.96 bits per heavy atom. The molecule has 4 aliphatic rings. The number of carbonyl (C=O) groups is 2. The Bertz CT molecular complexity index is 2210. The van der Waals surface area contributed by atoms with Gasteiger partial charge < -0.3 is 24.6 Å². The largest absolute Gasteiger partial charge is 0.504 e. The number of amides is 2. The number of fused-ring (bicyclic) bond motifs is 6. The number of aromatic nitrogens is 6. The van der Waals surface area contributed by atoms with Crippen LogP contribution in [0.2, 0.25) is 5.02 Å². The van der Waals surface area contributed by atoms with Gasteiger partial charge in [-0.3, -0.25) is 14.4 Å². The van der Waals surface area contributed by atoms with E-state index in [9.17, 15) is 32.7 Å². The van der Waals surface area contributed by atoms with Crippen molar-refractivity contribution in [3.63, 3.8) is 0 Å². The van der Waals surface area contributed by atoms with Gasteiger partial charge in [0.2, 0.25) is 11.7 Å². The third-order valence-electron chi connectivity index (χ3n) is 10.9. The van der Waals surface area contributed by atoms with Gasteiger partial charge in [-0.15, -0.1) is 5.10 Å². The van der Waals surface area contributed by atoms with Crippen LogP contribution in [0.5, 0.6) is 5.75 Å². The summed E-state index contributed by atoms with van der Waals surface area (Å²) in [5.74, 6) is -0.715. The Kier molecular flexibility index (Phi) is 7.94. The quantitative estimate of drug-likeness (QED) is 0.303. The summed E-state index contributed by atoms with van der Waals surface area (Å²) < 4.78 is 48.2. The molecule has 5 heterocycles. The van der Waals surface area contributed by atoms with Crippen LogP contribution in [-0.4, -0.2) is 77.3 Å². The summed E-state index contributed by atoms with van der Waals surface area (Å²) in [6.07, 6.45) is 1.59. The molecule has 2 aliphatic heterocycles. The van der Waals surface area contributed by atoms with Crippen LogP contribution in [0.15, 0.2) is 35.4 Å². The number of aromatic hydroxyl groups is 1. The molecule has 4 aromatic rings. The number of ether oxygens (including phenoxy) is 1. The highest BCUT2D eigenvalue weighted by Crippen LogP contribution is 2.63. The van der Waals surface area contributed by atoms with Crippen LogP contribution in [-0.2, 0) is 27.7 Å². The SMILES string of the molecule is Cc1ncnc(C(=O)N2CCC3(CC2)c2c(n(CC(=O)Nc4ccc(C(F)(F)F)cc4Cl)c4nc(C5=CCOCC5)nn4c2=O)C2CCC23)c1O. The molecule has 17 heteroatoms. The number of likely N-dealkylation sites (tertiary alicyclic amines) is 1. The van der Waals surface area contributed by atoms with Crippen molar-refractivity contribution >= 4 is 40.5 Å². The fourth-order valence-corrected chi connectivity index (χ4v) is 8.48. The minimum atomic E-state index is -4.60. The van der Waals surface area contributed by atoms with E-state index in [0.717, 1.165) is 36.6 Å². The minimum Gasteiger partial charge on any atom is -0.504 e. The number of nitrogens with zero attached hydrogens (tertiary/aromatic N) is 7. The Morgan fingerprint density at radius 1 is 1.18 bits per heavy atom. The lowest BCUT2D eigenvalue weighted by molar-refractivity contribution is -0.137. The number of anilines is 1. The summed E-state index contributed by atoms with van der Waals surface area (Å²) in [4.78, 5) is 56.1. The van der Waals surface area contributed by atoms with Crippen LogP contribution in [0.1, 0.15) is 76.8 Å². The maximum Gasteiger partial charge on any atom is 0.416 e. The lowest BCUT2D eigenvalue weighted by Crippen LogP contribution is -2.50. The van der Waals surface area contributed by atoms with Crippen molar-refractivity contribution < 1.29 is 32.6 Å². The molecule has 8 rings (SSSR count). The van der Waals surface area contributed by atoms with Crippen LogP contribution >= 0.6 is 11.6 Å². The lowest BCUT2D eigenvalue weighted by atomic mass is 9.60. The summed E-state index contributed by atoms with van der Waals surface area (Å²) in [6, 6.07) is 2.71. The second-order valence-electron chi connectivity index (χ2n) is 13.5. The Hall–Kier alpha value is -4.83. The predicted molar refractivity (Wildman–Crippen MR) is 176 cm³/mol. The van der Waals surface area contributed by atoms with Crippen LogP contribution in [0.4, 0.5) is 18.9 Å². The summed E-state index contributed by atoms with van der Waals surface area (Å²) in [5.41, 5.74) is 0.405. The molecule has 266 valence electrons. The van der Waals surface area contributed by atoms with E-state index in [1.165, 1.54) is 10.8 Å². The van der Waals surface area contributed by atoms with Gasteiger partial charge in [0.25, 0.3) is 11.5 Å². The average molecular weight is 725 g/mol. The third-order valence-corrected chi connectivity index (χ3v) is 11.2. The number of aryl methyl sites for hydroxylation is 1. The molecule has 2 aliphatic carbocycles. The first-order valence-electron chi connectivity index (χ1n) is 16.6. The number of hydrogen-bond donors (Lipinski definition) is 2. The second-order valence-corrected chi connectivity index (χ2v) is 13.9. The molecule has 0 bridgehead atoms.